The number of nitrogens with two attached hydrogens (primary N) is 1. The average molecular weight is 448 g/mol. The van der Waals surface area contributed by atoms with Crippen molar-refractivity contribution < 1.29 is 4.74 Å². The van der Waals surface area contributed by atoms with E-state index in [4.69, 9.17) is 15.9 Å². The highest BCUT2D eigenvalue weighted by molar-refractivity contribution is 6.02. The molecule has 3 aromatic rings. The van der Waals surface area contributed by atoms with Crippen molar-refractivity contribution in [2.75, 3.05) is 62.6 Å². The van der Waals surface area contributed by atoms with Crippen LogP contribution in [-0.4, -0.2) is 56.9 Å². The maximum atomic E-state index is 8.00. The van der Waals surface area contributed by atoms with Crippen LogP contribution in [0.2, 0.25) is 0 Å². The summed E-state index contributed by atoms with van der Waals surface area (Å²) in [5, 5.41) is 14.7. The number of likely N-dealkylation sites (N-methyl/N-ethyl adjacent to an activating group) is 2. The molecule has 0 aliphatic rings. The highest BCUT2D eigenvalue weighted by atomic mass is 16.5. The zero-order chi connectivity index (χ0) is 24.0. The van der Waals surface area contributed by atoms with Gasteiger partial charge in [0.15, 0.2) is 0 Å². The Balaban J connectivity index is 1.82. The van der Waals surface area contributed by atoms with E-state index in [1.165, 1.54) is 0 Å². The minimum Gasteiger partial charge on any atom is -0.494 e. The van der Waals surface area contributed by atoms with E-state index in [-0.39, 0.29) is 0 Å². The number of nitrogen functional groups attached to an aromatic ring is 1. The predicted molar refractivity (Wildman–Crippen MR) is 139 cm³/mol. The molecule has 174 valence electrons. The third kappa shape index (κ3) is 6.14. The normalized spacial score (nSPS) is 10.7. The number of para-hydroxylation sites is 1. The van der Waals surface area contributed by atoms with Gasteiger partial charge in [0.2, 0.25) is 0 Å². The van der Waals surface area contributed by atoms with Gasteiger partial charge in [-0.1, -0.05) is 18.2 Å². The second kappa shape index (κ2) is 10.7. The maximum absolute atomic E-state index is 8.00. The molecule has 0 saturated carbocycles. The van der Waals surface area contributed by atoms with Gasteiger partial charge in [-0.2, -0.15) is 0 Å². The molecule has 0 spiro atoms. The number of nitrogens with zero attached hydrogens (tertiary/aromatic N) is 3. The largest absolute Gasteiger partial charge is 0.494 e. The smallest absolute Gasteiger partial charge is 0.144 e. The molecule has 0 bridgehead atoms. The molecule has 0 amide bonds. The number of rotatable bonds is 10. The Hall–Kier alpha value is -3.78. The SMILES string of the molecule is COc1cc(N(C)CCN(C)C)c(N)cc1Nc1cc(Nc2ccccc2C(C)=N)ccn1. The average Bonchev–Trinajstić information content (AvgIpc) is 2.78. The summed E-state index contributed by atoms with van der Waals surface area (Å²) in [6, 6.07) is 15.4. The van der Waals surface area contributed by atoms with Gasteiger partial charge in [0, 0.05) is 61.1 Å². The number of hydrogen-bond acceptors (Lipinski definition) is 8. The zero-order valence-electron chi connectivity index (χ0n) is 19.9. The van der Waals surface area contributed by atoms with Crippen molar-refractivity contribution in [3.05, 3.63) is 60.3 Å². The molecule has 0 saturated heterocycles. The van der Waals surface area contributed by atoms with E-state index in [1.54, 1.807) is 20.2 Å². The molecule has 0 unspecified atom stereocenters. The molecule has 5 N–H and O–H groups in total. The van der Waals surface area contributed by atoms with Crippen molar-refractivity contribution in [2.45, 2.75) is 6.92 Å². The number of anilines is 6. The molecule has 0 fully saturated rings. The first-order chi connectivity index (χ1) is 15.8. The van der Waals surface area contributed by atoms with Crippen LogP contribution in [0.4, 0.5) is 34.3 Å². The summed E-state index contributed by atoms with van der Waals surface area (Å²) >= 11 is 0. The Morgan fingerprint density at radius 3 is 2.48 bits per heavy atom. The summed E-state index contributed by atoms with van der Waals surface area (Å²) in [5.74, 6) is 1.33. The molecular weight excluding hydrogens is 414 g/mol. The molecule has 3 rings (SSSR count). The summed E-state index contributed by atoms with van der Waals surface area (Å²) in [6.07, 6.45) is 1.73. The van der Waals surface area contributed by atoms with E-state index in [1.807, 2.05) is 69.7 Å². The van der Waals surface area contributed by atoms with E-state index in [2.05, 4.69) is 25.4 Å². The number of benzene rings is 2. The molecule has 0 aliphatic heterocycles. The molecule has 1 aromatic heterocycles. The van der Waals surface area contributed by atoms with Crippen LogP contribution in [0.15, 0.2) is 54.7 Å². The number of methoxy groups -OCH3 is 1. The lowest BCUT2D eigenvalue weighted by Gasteiger charge is -2.24. The van der Waals surface area contributed by atoms with Crippen LogP contribution >= 0.6 is 0 Å². The summed E-state index contributed by atoms with van der Waals surface area (Å²) in [5.41, 5.74) is 11.8. The van der Waals surface area contributed by atoms with Crippen molar-refractivity contribution >= 4 is 40.0 Å². The van der Waals surface area contributed by atoms with Crippen LogP contribution in [0.5, 0.6) is 5.75 Å². The number of pyridine rings is 1. The number of ether oxygens (including phenoxy) is 1. The van der Waals surface area contributed by atoms with Gasteiger partial charge in [0.25, 0.3) is 0 Å². The highest BCUT2D eigenvalue weighted by Gasteiger charge is 2.13. The lowest BCUT2D eigenvalue weighted by Crippen LogP contribution is -2.29. The highest BCUT2D eigenvalue weighted by Crippen LogP contribution is 2.36. The fourth-order valence-corrected chi connectivity index (χ4v) is 3.44. The third-order valence-electron chi connectivity index (χ3n) is 5.28. The Labute approximate surface area is 195 Å². The van der Waals surface area contributed by atoms with E-state index < -0.39 is 0 Å². The first-order valence-corrected chi connectivity index (χ1v) is 10.8. The lowest BCUT2D eigenvalue weighted by atomic mass is 10.1. The Morgan fingerprint density at radius 1 is 1.03 bits per heavy atom. The second-order valence-corrected chi connectivity index (χ2v) is 8.19. The van der Waals surface area contributed by atoms with Crippen molar-refractivity contribution in [2.24, 2.45) is 0 Å². The summed E-state index contributed by atoms with van der Waals surface area (Å²) in [4.78, 5) is 8.69. The second-order valence-electron chi connectivity index (χ2n) is 8.19. The lowest BCUT2D eigenvalue weighted by molar-refractivity contribution is 0.413. The molecule has 8 nitrogen and oxygen atoms in total. The standard InChI is InChI=1S/C25H33N7O/c1-17(26)19-8-6-7-9-21(19)29-18-10-11-28-25(14-18)30-22-15-20(27)23(16-24(22)33-5)32(4)13-12-31(2)3/h6-11,14-16,26H,12-13,27H2,1-5H3,(H2,28,29,30). The van der Waals surface area contributed by atoms with Crippen molar-refractivity contribution in [3.63, 3.8) is 0 Å². The molecule has 8 heteroatoms. The van der Waals surface area contributed by atoms with Gasteiger partial charge >= 0.3 is 0 Å². The van der Waals surface area contributed by atoms with Crippen molar-refractivity contribution in [1.82, 2.24) is 9.88 Å². The van der Waals surface area contributed by atoms with Crippen LogP contribution in [0.3, 0.4) is 0 Å². The summed E-state index contributed by atoms with van der Waals surface area (Å²) in [7, 11) is 7.76. The van der Waals surface area contributed by atoms with Crippen LogP contribution in [0, 0.1) is 5.41 Å². The fourth-order valence-electron chi connectivity index (χ4n) is 3.44. The Morgan fingerprint density at radius 2 is 1.79 bits per heavy atom. The monoisotopic (exact) mass is 447 g/mol. The van der Waals surface area contributed by atoms with Crippen molar-refractivity contribution in [1.29, 1.82) is 5.41 Å². The first kappa shape index (κ1) is 23.9. The fraction of sp³-hybridized carbons (Fsp3) is 0.280. The van der Waals surface area contributed by atoms with Gasteiger partial charge in [-0.25, -0.2) is 4.98 Å². The number of nitrogens with one attached hydrogen (secondary N) is 3. The minimum absolute atomic E-state index is 0.501. The quantitative estimate of drug-likeness (QED) is 0.267. The van der Waals surface area contributed by atoms with Crippen LogP contribution in [-0.2, 0) is 0 Å². The Kier molecular flexibility index (Phi) is 7.74. The van der Waals surface area contributed by atoms with Gasteiger partial charge in [-0.3, -0.25) is 0 Å². The topological polar surface area (TPSA) is 103 Å². The van der Waals surface area contributed by atoms with Gasteiger partial charge in [0.1, 0.15) is 11.6 Å². The van der Waals surface area contributed by atoms with Gasteiger partial charge < -0.3 is 36.3 Å². The molecule has 0 radical (unpaired) electrons. The molecule has 1 heterocycles. The van der Waals surface area contributed by atoms with Crippen LogP contribution in [0.25, 0.3) is 0 Å². The minimum atomic E-state index is 0.501. The molecule has 33 heavy (non-hydrogen) atoms. The zero-order valence-corrected chi connectivity index (χ0v) is 19.9. The molecule has 2 aromatic carbocycles. The van der Waals surface area contributed by atoms with E-state index in [0.29, 0.717) is 23.0 Å². The predicted octanol–water partition coefficient (Wildman–Crippen LogP) is 4.55. The van der Waals surface area contributed by atoms with E-state index in [9.17, 15) is 0 Å². The Bertz CT molecular complexity index is 1110. The van der Waals surface area contributed by atoms with Crippen LogP contribution < -0.4 is 26.0 Å². The van der Waals surface area contributed by atoms with Crippen molar-refractivity contribution in [3.8, 4) is 5.75 Å². The van der Waals surface area contributed by atoms with Gasteiger partial charge in [-0.05, 0) is 39.2 Å². The molecular formula is C25H33N7O. The number of hydrogen-bond donors (Lipinski definition) is 4. The number of aromatic nitrogens is 1. The summed E-state index contributed by atoms with van der Waals surface area (Å²) in [6.45, 7) is 3.54. The third-order valence-corrected chi connectivity index (χ3v) is 5.28. The van der Waals surface area contributed by atoms with Gasteiger partial charge in [0.05, 0.1) is 24.2 Å². The van der Waals surface area contributed by atoms with E-state index >= 15 is 0 Å². The molecule has 0 atom stereocenters. The van der Waals surface area contributed by atoms with Gasteiger partial charge in [-0.15, -0.1) is 0 Å². The maximum Gasteiger partial charge on any atom is 0.144 e. The van der Waals surface area contributed by atoms with Crippen LogP contribution in [0.1, 0.15) is 12.5 Å². The summed E-state index contributed by atoms with van der Waals surface area (Å²) < 4.78 is 5.63. The van der Waals surface area contributed by atoms with E-state index in [0.717, 1.165) is 41.4 Å². The first-order valence-electron chi connectivity index (χ1n) is 10.8. The molecule has 0 aliphatic carbocycles.